The third-order valence-corrected chi connectivity index (χ3v) is 6.52. The first kappa shape index (κ1) is 14.0. The van der Waals surface area contributed by atoms with E-state index in [0.717, 1.165) is 25.8 Å². The van der Waals surface area contributed by atoms with E-state index in [0.29, 0.717) is 6.04 Å². The van der Waals surface area contributed by atoms with Crippen molar-refractivity contribution in [1.82, 2.24) is 5.32 Å². The molecule has 3 nitrogen and oxygen atoms in total. The average molecular weight is 247 g/mol. The molecule has 0 aromatic carbocycles. The van der Waals surface area contributed by atoms with E-state index in [2.05, 4.69) is 19.2 Å². The van der Waals surface area contributed by atoms with Gasteiger partial charge in [-0.1, -0.05) is 13.8 Å². The van der Waals surface area contributed by atoms with Crippen LogP contribution in [-0.2, 0) is 9.84 Å². The minimum absolute atomic E-state index is 0.123. The molecular formula is C12H25NO2S. The van der Waals surface area contributed by atoms with E-state index in [1.807, 2.05) is 0 Å². The van der Waals surface area contributed by atoms with Gasteiger partial charge in [0.1, 0.15) is 0 Å². The summed E-state index contributed by atoms with van der Waals surface area (Å²) in [6, 6.07) is 0.513. The summed E-state index contributed by atoms with van der Waals surface area (Å²) in [5, 5.41) is 3.06. The fourth-order valence-electron chi connectivity index (χ4n) is 2.68. The predicted molar refractivity (Wildman–Crippen MR) is 68.3 cm³/mol. The second kappa shape index (κ2) is 5.50. The molecule has 16 heavy (non-hydrogen) atoms. The van der Waals surface area contributed by atoms with Crippen molar-refractivity contribution in [3.05, 3.63) is 0 Å². The lowest BCUT2D eigenvalue weighted by Crippen LogP contribution is -2.43. The summed E-state index contributed by atoms with van der Waals surface area (Å²) in [5.41, 5.74) is 0. The van der Waals surface area contributed by atoms with Crippen LogP contribution >= 0.6 is 0 Å². The van der Waals surface area contributed by atoms with Gasteiger partial charge in [0, 0.05) is 6.04 Å². The monoisotopic (exact) mass is 247 g/mol. The Labute approximate surface area is 99.9 Å². The van der Waals surface area contributed by atoms with Gasteiger partial charge in [-0.2, -0.15) is 0 Å². The molecule has 1 aliphatic rings. The highest BCUT2D eigenvalue weighted by atomic mass is 32.2. The molecule has 1 fully saturated rings. The van der Waals surface area contributed by atoms with Gasteiger partial charge >= 0.3 is 0 Å². The maximum absolute atomic E-state index is 12.1. The molecule has 3 unspecified atom stereocenters. The van der Waals surface area contributed by atoms with Gasteiger partial charge in [-0.15, -0.1) is 0 Å². The highest BCUT2D eigenvalue weighted by Crippen LogP contribution is 2.31. The Morgan fingerprint density at radius 1 is 1.31 bits per heavy atom. The number of rotatable bonds is 4. The van der Waals surface area contributed by atoms with Gasteiger partial charge in [0.25, 0.3) is 0 Å². The summed E-state index contributed by atoms with van der Waals surface area (Å²) in [4.78, 5) is 0. The maximum Gasteiger partial charge on any atom is 0.155 e. The first-order valence-corrected chi connectivity index (χ1v) is 7.96. The van der Waals surface area contributed by atoms with E-state index in [9.17, 15) is 8.42 Å². The third-order valence-electron chi connectivity index (χ3n) is 3.66. The summed E-state index contributed by atoms with van der Waals surface area (Å²) in [6.45, 7) is 8.73. The Balaban J connectivity index is 2.67. The van der Waals surface area contributed by atoms with Gasteiger partial charge in [-0.05, 0) is 45.6 Å². The van der Waals surface area contributed by atoms with Gasteiger partial charge in [0.2, 0.25) is 0 Å². The lowest BCUT2D eigenvalue weighted by atomic mass is 9.86. The highest BCUT2D eigenvalue weighted by Gasteiger charge is 2.37. The molecule has 0 bridgehead atoms. The fraction of sp³-hybridized carbons (Fsp3) is 1.00. The van der Waals surface area contributed by atoms with Crippen molar-refractivity contribution in [2.45, 2.75) is 63.5 Å². The number of sulfone groups is 1. The van der Waals surface area contributed by atoms with E-state index < -0.39 is 9.84 Å². The lowest BCUT2D eigenvalue weighted by Gasteiger charge is -2.35. The summed E-state index contributed by atoms with van der Waals surface area (Å²) in [5.74, 6) is 0.283. The van der Waals surface area contributed by atoms with Crippen LogP contribution in [0.25, 0.3) is 0 Å². The minimum atomic E-state index is -2.92. The van der Waals surface area contributed by atoms with Gasteiger partial charge in [-0.3, -0.25) is 0 Å². The van der Waals surface area contributed by atoms with Crippen LogP contribution in [0.1, 0.15) is 47.0 Å². The molecule has 0 aromatic heterocycles. The zero-order chi connectivity index (χ0) is 12.3. The van der Waals surface area contributed by atoms with Crippen LogP contribution in [0.15, 0.2) is 0 Å². The van der Waals surface area contributed by atoms with Crippen molar-refractivity contribution in [3.8, 4) is 0 Å². The van der Waals surface area contributed by atoms with Crippen LogP contribution in [0.3, 0.4) is 0 Å². The molecule has 0 heterocycles. The average Bonchev–Trinajstić information content (AvgIpc) is 2.17. The fourth-order valence-corrected chi connectivity index (χ4v) is 4.60. The summed E-state index contributed by atoms with van der Waals surface area (Å²) in [6.07, 6.45) is 2.80. The van der Waals surface area contributed by atoms with Crippen molar-refractivity contribution in [2.75, 3.05) is 6.54 Å². The van der Waals surface area contributed by atoms with Crippen LogP contribution in [0, 0.1) is 5.92 Å². The molecule has 1 saturated carbocycles. The number of hydrogen-bond donors (Lipinski definition) is 1. The molecule has 0 aliphatic heterocycles. The third kappa shape index (κ3) is 2.98. The quantitative estimate of drug-likeness (QED) is 0.826. The summed E-state index contributed by atoms with van der Waals surface area (Å²) >= 11 is 0. The molecule has 0 radical (unpaired) electrons. The normalized spacial score (nSPS) is 31.9. The summed E-state index contributed by atoms with van der Waals surface area (Å²) < 4.78 is 24.3. The van der Waals surface area contributed by atoms with Crippen LogP contribution < -0.4 is 5.32 Å². The number of nitrogens with one attached hydrogen (secondary N) is 1. The van der Waals surface area contributed by atoms with Crippen molar-refractivity contribution < 1.29 is 8.42 Å². The van der Waals surface area contributed by atoms with Crippen LogP contribution in [0.5, 0.6) is 0 Å². The molecule has 0 saturated heterocycles. The van der Waals surface area contributed by atoms with Gasteiger partial charge < -0.3 is 5.32 Å². The van der Waals surface area contributed by atoms with E-state index >= 15 is 0 Å². The first-order chi connectivity index (χ1) is 7.39. The Kier molecular flexibility index (Phi) is 4.80. The molecule has 1 rings (SSSR count). The van der Waals surface area contributed by atoms with Crippen molar-refractivity contribution in [2.24, 2.45) is 5.92 Å². The molecular weight excluding hydrogens is 222 g/mol. The molecule has 0 aromatic rings. The second-order valence-electron chi connectivity index (χ2n) is 5.22. The first-order valence-electron chi connectivity index (χ1n) is 6.35. The minimum Gasteiger partial charge on any atom is -0.314 e. The Bertz CT molecular complexity index is 311. The van der Waals surface area contributed by atoms with Crippen LogP contribution in [0.2, 0.25) is 0 Å². The zero-order valence-electron chi connectivity index (χ0n) is 10.9. The van der Waals surface area contributed by atoms with E-state index in [4.69, 9.17) is 0 Å². The molecule has 96 valence electrons. The van der Waals surface area contributed by atoms with Gasteiger partial charge in [0.15, 0.2) is 9.84 Å². The Hall–Kier alpha value is -0.0900. The number of hydrogen-bond acceptors (Lipinski definition) is 3. The molecule has 4 heteroatoms. The topological polar surface area (TPSA) is 46.2 Å². The molecule has 1 N–H and O–H groups in total. The Morgan fingerprint density at radius 2 is 1.94 bits per heavy atom. The maximum atomic E-state index is 12.1. The van der Waals surface area contributed by atoms with Crippen LogP contribution in [-0.4, -0.2) is 31.5 Å². The largest absolute Gasteiger partial charge is 0.314 e. The van der Waals surface area contributed by atoms with Crippen LogP contribution in [0.4, 0.5) is 0 Å². The highest BCUT2D eigenvalue weighted by molar-refractivity contribution is 7.92. The SMILES string of the molecule is CCNC1CCC(S(=O)(=O)C(C)C)C(C)C1. The molecule has 0 amide bonds. The van der Waals surface area contributed by atoms with Crippen molar-refractivity contribution >= 4 is 9.84 Å². The van der Waals surface area contributed by atoms with E-state index in [1.54, 1.807) is 13.8 Å². The van der Waals surface area contributed by atoms with Gasteiger partial charge in [-0.25, -0.2) is 8.42 Å². The van der Waals surface area contributed by atoms with Gasteiger partial charge in [0.05, 0.1) is 10.5 Å². The summed E-state index contributed by atoms with van der Waals surface area (Å²) in [7, 11) is -2.92. The molecule has 3 atom stereocenters. The van der Waals surface area contributed by atoms with E-state index in [-0.39, 0.29) is 16.4 Å². The van der Waals surface area contributed by atoms with Crippen molar-refractivity contribution in [3.63, 3.8) is 0 Å². The Morgan fingerprint density at radius 3 is 2.38 bits per heavy atom. The van der Waals surface area contributed by atoms with E-state index in [1.165, 1.54) is 0 Å². The smallest absolute Gasteiger partial charge is 0.155 e. The molecule has 1 aliphatic carbocycles. The zero-order valence-corrected chi connectivity index (χ0v) is 11.7. The predicted octanol–water partition coefficient (Wildman–Crippen LogP) is 1.98. The second-order valence-corrected chi connectivity index (χ2v) is 7.95. The molecule has 0 spiro atoms. The lowest BCUT2D eigenvalue weighted by molar-refractivity contribution is 0.305. The standard InChI is InChI=1S/C12H25NO2S/c1-5-13-11-6-7-12(10(4)8-11)16(14,15)9(2)3/h9-13H,5-8H2,1-4H3. The van der Waals surface area contributed by atoms with Crippen molar-refractivity contribution in [1.29, 1.82) is 0 Å².